The first-order valence-electron chi connectivity index (χ1n) is 5.91. The van der Waals surface area contributed by atoms with Crippen molar-refractivity contribution in [2.45, 2.75) is 20.3 Å². The minimum atomic E-state index is -1.24. The molecular weight excluding hydrogens is 364 g/mol. The molecule has 0 spiro atoms. The van der Waals surface area contributed by atoms with Gasteiger partial charge in [0.2, 0.25) is 5.91 Å². The lowest BCUT2D eigenvalue weighted by Crippen LogP contribution is -2.38. The number of anilines is 1. The largest absolute Gasteiger partial charge is 0.481 e. The number of carboxylic acids is 1. The number of hydrogen-bond donors (Lipinski definition) is 3. The zero-order chi connectivity index (χ0) is 16.2. The summed E-state index contributed by atoms with van der Waals surface area (Å²) >= 11 is 9.09. The van der Waals surface area contributed by atoms with E-state index in [1.165, 1.54) is 19.9 Å². The van der Waals surface area contributed by atoms with Crippen LogP contribution in [0.3, 0.4) is 0 Å². The molecule has 0 aliphatic rings. The fourth-order valence-electron chi connectivity index (χ4n) is 1.38. The highest BCUT2D eigenvalue weighted by molar-refractivity contribution is 9.10. The van der Waals surface area contributed by atoms with Gasteiger partial charge in [0.25, 0.3) is 0 Å². The Labute approximate surface area is 135 Å². The molecule has 0 aliphatic heterocycles. The lowest BCUT2D eigenvalue weighted by molar-refractivity contribution is -0.149. The molecule has 0 saturated heterocycles. The molecule has 0 radical (unpaired) electrons. The van der Waals surface area contributed by atoms with Gasteiger partial charge in [-0.05, 0) is 48.0 Å². The molecule has 0 fully saturated rings. The average Bonchev–Trinajstić information content (AvgIpc) is 2.32. The van der Waals surface area contributed by atoms with E-state index in [1.54, 1.807) is 12.1 Å². The van der Waals surface area contributed by atoms with Crippen molar-refractivity contribution >= 4 is 51.1 Å². The van der Waals surface area contributed by atoms with Crippen LogP contribution in [-0.4, -0.2) is 23.0 Å². The fourth-order valence-corrected chi connectivity index (χ4v) is 1.81. The number of halogens is 2. The maximum Gasteiger partial charge on any atom is 0.325 e. The van der Waals surface area contributed by atoms with E-state index in [0.717, 1.165) is 0 Å². The summed E-state index contributed by atoms with van der Waals surface area (Å²) in [6.45, 7) is 2.81. The number of imide groups is 1. The van der Waals surface area contributed by atoms with E-state index < -0.39 is 23.3 Å². The van der Waals surface area contributed by atoms with Gasteiger partial charge in [-0.1, -0.05) is 11.6 Å². The quantitative estimate of drug-likeness (QED) is 0.750. The van der Waals surface area contributed by atoms with Crippen molar-refractivity contribution in [1.29, 1.82) is 0 Å². The zero-order valence-corrected chi connectivity index (χ0v) is 13.7. The molecule has 114 valence electrons. The zero-order valence-electron chi connectivity index (χ0n) is 11.4. The Kier molecular flexibility index (Phi) is 5.74. The third kappa shape index (κ3) is 5.35. The Morgan fingerprint density at radius 1 is 1.33 bits per heavy atom. The van der Waals surface area contributed by atoms with Gasteiger partial charge in [0.15, 0.2) is 0 Å². The molecule has 6 nitrogen and oxygen atoms in total. The van der Waals surface area contributed by atoms with Crippen LogP contribution in [0.25, 0.3) is 0 Å². The van der Waals surface area contributed by atoms with Gasteiger partial charge >= 0.3 is 12.0 Å². The highest BCUT2D eigenvalue weighted by Gasteiger charge is 2.30. The molecule has 0 atom stereocenters. The average molecular weight is 378 g/mol. The van der Waals surface area contributed by atoms with Crippen LogP contribution in [0.1, 0.15) is 20.3 Å². The Balaban J connectivity index is 2.59. The van der Waals surface area contributed by atoms with Crippen LogP contribution in [0.2, 0.25) is 5.02 Å². The summed E-state index contributed by atoms with van der Waals surface area (Å²) < 4.78 is 0.675. The molecule has 0 heterocycles. The maximum absolute atomic E-state index is 11.6. The van der Waals surface area contributed by atoms with Crippen LogP contribution in [0, 0.1) is 5.41 Å². The van der Waals surface area contributed by atoms with Gasteiger partial charge in [0.1, 0.15) is 0 Å². The maximum atomic E-state index is 11.6. The number of carbonyl (C=O) groups excluding carboxylic acids is 2. The standard InChI is InChI=1S/C13H14BrClN2O4/c1-13(2,11(19)20)6-10(18)17-12(21)16-7-3-4-8(14)9(15)5-7/h3-5H,6H2,1-2H3,(H,19,20)(H2,16,17,18,21). The Hall–Kier alpha value is -1.60. The Morgan fingerprint density at radius 3 is 2.48 bits per heavy atom. The first-order valence-corrected chi connectivity index (χ1v) is 7.08. The summed E-state index contributed by atoms with van der Waals surface area (Å²) in [7, 11) is 0. The molecule has 0 bridgehead atoms. The first-order chi connectivity index (χ1) is 9.61. The van der Waals surface area contributed by atoms with E-state index >= 15 is 0 Å². The van der Waals surface area contributed by atoms with Crippen molar-refractivity contribution < 1.29 is 19.5 Å². The van der Waals surface area contributed by atoms with E-state index in [-0.39, 0.29) is 6.42 Å². The number of carboxylic acid groups (broad SMARTS) is 1. The fraction of sp³-hybridized carbons (Fsp3) is 0.308. The third-order valence-electron chi connectivity index (χ3n) is 2.61. The molecule has 0 unspecified atom stereocenters. The highest BCUT2D eigenvalue weighted by Crippen LogP contribution is 2.25. The number of aliphatic carboxylic acids is 1. The van der Waals surface area contributed by atoms with Crippen LogP contribution in [0.4, 0.5) is 10.5 Å². The van der Waals surface area contributed by atoms with Crippen molar-refractivity contribution in [3.8, 4) is 0 Å². The lowest BCUT2D eigenvalue weighted by atomic mass is 9.89. The normalized spacial score (nSPS) is 10.9. The minimum absolute atomic E-state index is 0.309. The first kappa shape index (κ1) is 17.5. The van der Waals surface area contributed by atoms with Crippen molar-refractivity contribution in [3.05, 3.63) is 27.7 Å². The van der Waals surface area contributed by atoms with Crippen LogP contribution in [-0.2, 0) is 9.59 Å². The van der Waals surface area contributed by atoms with E-state index in [1.807, 2.05) is 0 Å². The topological polar surface area (TPSA) is 95.5 Å². The predicted octanol–water partition coefficient (Wildman–Crippen LogP) is 3.25. The molecule has 1 aromatic carbocycles. The summed E-state index contributed by atoms with van der Waals surface area (Å²) in [6.07, 6.45) is -0.309. The predicted molar refractivity (Wildman–Crippen MR) is 82.3 cm³/mol. The molecule has 0 saturated carbocycles. The van der Waals surface area contributed by atoms with Gasteiger partial charge < -0.3 is 10.4 Å². The van der Waals surface area contributed by atoms with Crippen molar-refractivity contribution in [1.82, 2.24) is 5.32 Å². The second kappa shape index (κ2) is 6.91. The summed E-state index contributed by atoms with van der Waals surface area (Å²) in [5.41, 5.74) is -0.836. The third-order valence-corrected chi connectivity index (χ3v) is 3.84. The summed E-state index contributed by atoms with van der Waals surface area (Å²) in [4.78, 5) is 34.1. The second-order valence-corrected chi connectivity index (χ2v) is 6.26. The van der Waals surface area contributed by atoms with Gasteiger partial charge in [-0.2, -0.15) is 0 Å². The SMILES string of the molecule is CC(C)(CC(=O)NC(=O)Nc1ccc(Br)c(Cl)c1)C(=O)O. The number of carbonyl (C=O) groups is 3. The van der Waals surface area contributed by atoms with E-state index in [0.29, 0.717) is 15.2 Å². The van der Waals surface area contributed by atoms with Gasteiger partial charge in [0, 0.05) is 16.6 Å². The summed E-state index contributed by atoms with van der Waals surface area (Å²) in [6, 6.07) is 4.00. The van der Waals surface area contributed by atoms with E-state index in [9.17, 15) is 14.4 Å². The van der Waals surface area contributed by atoms with Crippen molar-refractivity contribution in [2.24, 2.45) is 5.41 Å². The number of hydrogen-bond acceptors (Lipinski definition) is 3. The molecule has 1 aromatic rings. The smallest absolute Gasteiger partial charge is 0.325 e. The molecular formula is C13H14BrClN2O4. The molecule has 0 aromatic heterocycles. The Morgan fingerprint density at radius 2 is 1.95 bits per heavy atom. The van der Waals surface area contributed by atoms with Gasteiger partial charge in [-0.25, -0.2) is 4.79 Å². The van der Waals surface area contributed by atoms with Gasteiger partial charge in [-0.15, -0.1) is 0 Å². The number of nitrogens with one attached hydrogen (secondary N) is 2. The van der Waals surface area contributed by atoms with Crippen LogP contribution in [0.15, 0.2) is 22.7 Å². The Bertz CT molecular complexity index is 590. The summed E-state index contributed by atoms with van der Waals surface area (Å²) in [5, 5.41) is 13.8. The summed E-state index contributed by atoms with van der Waals surface area (Å²) in [5.74, 6) is -1.79. The van der Waals surface area contributed by atoms with Crippen molar-refractivity contribution in [2.75, 3.05) is 5.32 Å². The molecule has 3 N–H and O–H groups in total. The second-order valence-electron chi connectivity index (χ2n) is 5.00. The van der Waals surface area contributed by atoms with Crippen LogP contribution in [0.5, 0.6) is 0 Å². The molecule has 0 aliphatic carbocycles. The molecule has 21 heavy (non-hydrogen) atoms. The van der Waals surface area contributed by atoms with Gasteiger partial charge in [-0.3, -0.25) is 14.9 Å². The number of urea groups is 1. The monoisotopic (exact) mass is 376 g/mol. The van der Waals surface area contributed by atoms with Gasteiger partial charge in [0.05, 0.1) is 10.4 Å². The lowest BCUT2D eigenvalue weighted by Gasteiger charge is -2.17. The number of amides is 3. The highest BCUT2D eigenvalue weighted by atomic mass is 79.9. The van der Waals surface area contributed by atoms with Crippen LogP contribution < -0.4 is 10.6 Å². The van der Waals surface area contributed by atoms with E-state index in [2.05, 4.69) is 26.6 Å². The molecule has 8 heteroatoms. The van der Waals surface area contributed by atoms with E-state index in [4.69, 9.17) is 16.7 Å². The molecule has 3 amide bonds. The van der Waals surface area contributed by atoms with Crippen LogP contribution >= 0.6 is 27.5 Å². The van der Waals surface area contributed by atoms with Crippen molar-refractivity contribution in [3.63, 3.8) is 0 Å². The number of rotatable bonds is 4. The minimum Gasteiger partial charge on any atom is -0.481 e. The molecule has 1 rings (SSSR count). The number of benzene rings is 1.